The molecule has 15 heteroatoms. The standard InChI is InChI=1S/C28H35N7O8/c1-16(32-28(41)34-10-12-42-13-11-34)24(37)31-17(2)25(38)33-35(15-21(29)36)27(40)23-22(43-23)26(39)30-14-19-8-5-7-18-6-3-4-9-20(18)19/h3-9,16-17,22-23H,10-15H2,1-2H3,(H2,29,36)(H,30,39)(H,31,37)(H,32,41)(H,33,38)/t16-,17-,22-,23-/m0/s1. The van der Waals surface area contributed by atoms with Crippen molar-refractivity contribution in [3.05, 3.63) is 48.0 Å². The molecule has 2 fully saturated rings. The molecule has 0 bridgehead atoms. The van der Waals surface area contributed by atoms with Gasteiger partial charge in [0.2, 0.25) is 11.8 Å². The molecule has 0 unspecified atom stereocenters. The van der Waals surface area contributed by atoms with Crippen LogP contribution in [0.2, 0.25) is 0 Å². The average Bonchev–Trinajstić information content (AvgIpc) is 3.80. The molecule has 0 radical (unpaired) electrons. The molecule has 0 saturated carbocycles. The van der Waals surface area contributed by atoms with E-state index in [2.05, 4.69) is 21.4 Å². The van der Waals surface area contributed by atoms with E-state index in [4.69, 9.17) is 15.2 Å². The monoisotopic (exact) mass is 597 g/mol. The predicted octanol–water partition coefficient (Wildman–Crippen LogP) is -1.50. The third-order valence-electron chi connectivity index (χ3n) is 6.94. The van der Waals surface area contributed by atoms with Crippen molar-refractivity contribution in [2.75, 3.05) is 32.8 Å². The third kappa shape index (κ3) is 8.17. The number of amides is 7. The van der Waals surface area contributed by atoms with Gasteiger partial charge in [0.1, 0.15) is 18.6 Å². The fourth-order valence-corrected chi connectivity index (χ4v) is 4.45. The molecule has 230 valence electrons. The molecule has 2 aromatic carbocycles. The van der Waals surface area contributed by atoms with Crippen LogP contribution in [0, 0.1) is 0 Å². The molecule has 2 aliphatic heterocycles. The summed E-state index contributed by atoms with van der Waals surface area (Å²) in [4.78, 5) is 76.5. The van der Waals surface area contributed by atoms with Crippen LogP contribution in [0.5, 0.6) is 0 Å². The van der Waals surface area contributed by atoms with Gasteiger partial charge in [0.25, 0.3) is 17.7 Å². The van der Waals surface area contributed by atoms with Gasteiger partial charge in [-0.2, -0.15) is 0 Å². The van der Waals surface area contributed by atoms with Gasteiger partial charge in [0.15, 0.2) is 12.2 Å². The molecule has 43 heavy (non-hydrogen) atoms. The lowest BCUT2D eigenvalue weighted by Crippen LogP contribution is -2.58. The number of benzene rings is 2. The van der Waals surface area contributed by atoms with Crippen molar-refractivity contribution in [2.24, 2.45) is 5.73 Å². The number of hydrogen-bond donors (Lipinski definition) is 5. The van der Waals surface area contributed by atoms with Crippen LogP contribution in [-0.4, -0.2) is 103 Å². The number of primary amides is 1. The van der Waals surface area contributed by atoms with Crippen molar-refractivity contribution in [2.45, 2.75) is 44.7 Å². The summed E-state index contributed by atoms with van der Waals surface area (Å²) < 4.78 is 10.5. The third-order valence-corrected chi connectivity index (χ3v) is 6.94. The van der Waals surface area contributed by atoms with Crippen molar-refractivity contribution in [1.29, 1.82) is 0 Å². The Morgan fingerprint density at radius 1 is 0.930 bits per heavy atom. The van der Waals surface area contributed by atoms with Crippen molar-refractivity contribution in [1.82, 2.24) is 31.3 Å². The van der Waals surface area contributed by atoms with Crippen LogP contribution in [0.25, 0.3) is 10.8 Å². The second-order valence-corrected chi connectivity index (χ2v) is 10.2. The zero-order valence-corrected chi connectivity index (χ0v) is 23.8. The summed E-state index contributed by atoms with van der Waals surface area (Å²) in [5, 5.41) is 10.4. The van der Waals surface area contributed by atoms with Gasteiger partial charge in [-0.3, -0.25) is 29.4 Å². The van der Waals surface area contributed by atoms with Gasteiger partial charge in [-0.15, -0.1) is 0 Å². The predicted molar refractivity (Wildman–Crippen MR) is 151 cm³/mol. The second kappa shape index (κ2) is 13.9. The van der Waals surface area contributed by atoms with Crippen LogP contribution in [0.15, 0.2) is 42.5 Å². The Morgan fingerprint density at radius 2 is 1.60 bits per heavy atom. The second-order valence-electron chi connectivity index (χ2n) is 10.2. The van der Waals surface area contributed by atoms with E-state index < -0.39 is 66.4 Å². The number of nitrogens with zero attached hydrogens (tertiary/aromatic N) is 2. The van der Waals surface area contributed by atoms with Crippen LogP contribution in [0.3, 0.4) is 0 Å². The largest absolute Gasteiger partial charge is 0.378 e. The summed E-state index contributed by atoms with van der Waals surface area (Å²) in [6.45, 7) is 3.89. The Hall–Kier alpha value is -4.76. The van der Waals surface area contributed by atoms with Crippen molar-refractivity contribution in [3.8, 4) is 0 Å². The Balaban J connectivity index is 1.27. The first-order chi connectivity index (χ1) is 20.5. The first kappa shape index (κ1) is 31.2. The molecule has 2 aliphatic rings. The van der Waals surface area contributed by atoms with Gasteiger partial charge in [-0.05, 0) is 30.2 Å². The maximum Gasteiger partial charge on any atom is 0.318 e. The lowest BCUT2D eigenvalue weighted by atomic mass is 10.0. The number of urea groups is 1. The SMILES string of the molecule is C[C@H](NC(=O)[C@H](C)NC(=O)N1CCOCC1)C(=O)NN(CC(N)=O)C(=O)[C@H]1O[C@@H]1C(=O)NCc1cccc2ccccc12. The van der Waals surface area contributed by atoms with Crippen LogP contribution in [-0.2, 0) is 40.0 Å². The molecule has 0 spiro atoms. The van der Waals surface area contributed by atoms with Crippen molar-refractivity contribution in [3.63, 3.8) is 0 Å². The minimum Gasteiger partial charge on any atom is -0.378 e. The molecule has 2 heterocycles. The van der Waals surface area contributed by atoms with E-state index in [9.17, 15) is 28.8 Å². The van der Waals surface area contributed by atoms with Gasteiger partial charge in [0, 0.05) is 19.6 Å². The molecular weight excluding hydrogens is 562 g/mol. The molecule has 15 nitrogen and oxygen atoms in total. The molecule has 6 N–H and O–H groups in total. The molecule has 4 rings (SSSR count). The molecule has 4 atom stereocenters. The number of nitrogens with two attached hydrogens (primary N) is 1. The average molecular weight is 598 g/mol. The molecule has 0 aliphatic carbocycles. The van der Waals surface area contributed by atoms with Gasteiger partial charge < -0.3 is 36.1 Å². The number of fused-ring (bicyclic) bond motifs is 1. The summed E-state index contributed by atoms with van der Waals surface area (Å²) in [6.07, 6.45) is -2.37. The fraction of sp³-hybridized carbons (Fsp3) is 0.429. The molecule has 7 amide bonds. The smallest absolute Gasteiger partial charge is 0.318 e. The number of nitrogens with one attached hydrogen (secondary N) is 4. The highest BCUT2D eigenvalue weighted by molar-refractivity contribution is 5.98. The minimum absolute atomic E-state index is 0.200. The highest BCUT2D eigenvalue weighted by atomic mass is 16.6. The number of ether oxygens (including phenoxy) is 2. The number of hydrogen-bond acceptors (Lipinski definition) is 8. The Morgan fingerprint density at radius 3 is 2.33 bits per heavy atom. The van der Waals surface area contributed by atoms with Crippen LogP contribution in [0.1, 0.15) is 19.4 Å². The normalized spacial score (nSPS) is 19.0. The maximum atomic E-state index is 13.0. The maximum absolute atomic E-state index is 13.0. The molecular formula is C28H35N7O8. The zero-order valence-electron chi connectivity index (χ0n) is 23.8. The van der Waals surface area contributed by atoms with Gasteiger partial charge in [0.05, 0.1) is 13.2 Å². The number of carbonyl (C=O) groups excluding carboxylic acids is 6. The number of morpholine rings is 1. The fourth-order valence-electron chi connectivity index (χ4n) is 4.45. The van der Waals surface area contributed by atoms with E-state index in [0.717, 1.165) is 16.3 Å². The quantitative estimate of drug-likeness (QED) is 0.161. The van der Waals surface area contributed by atoms with Crippen LogP contribution >= 0.6 is 0 Å². The van der Waals surface area contributed by atoms with E-state index in [1.165, 1.54) is 18.7 Å². The minimum atomic E-state index is -1.24. The topological polar surface area (TPSA) is 205 Å². The summed E-state index contributed by atoms with van der Waals surface area (Å²) in [7, 11) is 0. The molecule has 2 aromatic rings. The number of epoxide rings is 1. The number of carbonyl (C=O) groups is 6. The van der Waals surface area contributed by atoms with Gasteiger partial charge in [-0.25, -0.2) is 9.80 Å². The summed E-state index contributed by atoms with van der Waals surface area (Å²) >= 11 is 0. The van der Waals surface area contributed by atoms with E-state index in [1.54, 1.807) is 0 Å². The number of hydrazine groups is 1. The summed E-state index contributed by atoms with van der Waals surface area (Å²) in [5.74, 6) is -3.81. The number of rotatable bonds is 10. The summed E-state index contributed by atoms with van der Waals surface area (Å²) in [6, 6.07) is 10.8. The van der Waals surface area contributed by atoms with Crippen LogP contribution in [0.4, 0.5) is 4.79 Å². The van der Waals surface area contributed by atoms with Gasteiger partial charge >= 0.3 is 6.03 Å². The first-order valence-corrected chi connectivity index (χ1v) is 13.8. The van der Waals surface area contributed by atoms with E-state index in [1.807, 2.05) is 42.5 Å². The Bertz CT molecular complexity index is 1390. The van der Waals surface area contributed by atoms with Crippen molar-refractivity contribution < 1.29 is 38.2 Å². The Labute approximate surface area is 247 Å². The Kier molecular flexibility index (Phi) is 10.1. The van der Waals surface area contributed by atoms with Crippen molar-refractivity contribution >= 4 is 46.3 Å². The molecule has 0 aromatic heterocycles. The van der Waals surface area contributed by atoms with E-state index in [0.29, 0.717) is 31.3 Å². The molecule has 2 saturated heterocycles. The first-order valence-electron chi connectivity index (χ1n) is 13.8. The van der Waals surface area contributed by atoms with Gasteiger partial charge in [-0.1, -0.05) is 42.5 Å². The highest BCUT2D eigenvalue weighted by Gasteiger charge is 2.52. The van der Waals surface area contributed by atoms with Crippen LogP contribution < -0.4 is 27.1 Å². The van der Waals surface area contributed by atoms with E-state index >= 15 is 0 Å². The lowest BCUT2D eigenvalue weighted by Gasteiger charge is -2.28. The lowest BCUT2D eigenvalue weighted by molar-refractivity contribution is -0.145. The summed E-state index contributed by atoms with van der Waals surface area (Å²) in [5.41, 5.74) is 8.39. The zero-order chi connectivity index (χ0) is 31.1. The highest BCUT2D eigenvalue weighted by Crippen LogP contribution is 2.25. The van der Waals surface area contributed by atoms with E-state index in [-0.39, 0.29) is 6.54 Å².